The fourth-order valence-electron chi connectivity index (χ4n) is 0. The highest BCUT2D eigenvalue weighted by Gasteiger charge is 2.06. The van der Waals surface area contributed by atoms with Gasteiger partial charge < -0.3 is 0 Å². The van der Waals surface area contributed by atoms with E-state index in [0.29, 0.717) is 0 Å². The van der Waals surface area contributed by atoms with Crippen molar-refractivity contribution in [1.82, 2.24) is 0 Å². The highest BCUT2D eigenvalue weighted by Crippen LogP contribution is 2.18. The molecule has 0 radical (unpaired) electrons. The summed E-state index contributed by atoms with van der Waals surface area (Å²) in [5, 5.41) is -0.0417. The maximum absolute atomic E-state index is 9.92. The summed E-state index contributed by atoms with van der Waals surface area (Å²) in [5.74, 6) is 0. The molecule has 0 aromatic rings. The summed E-state index contributed by atoms with van der Waals surface area (Å²) in [6.07, 6.45) is 0. The van der Waals surface area contributed by atoms with Crippen molar-refractivity contribution in [1.29, 1.82) is 0 Å². The van der Waals surface area contributed by atoms with Gasteiger partial charge in [0.1, 0.15) is 0 Å². The van der Waals surface area contributed by atoms with Crippen LogP contribution in [0, 0.1) is 0 Å². The van der Waals surface area contributed by atoms with E-state index in [1.54, 1.807) is 0 Å². The number of hydrogen-bond acceptors (Lipinski definition) is 1. The Hall–Kier alpha value is 0.100. The standard InChI is InChI=1S/C4H9OP/c1-4(2,3)6-5/h1-3H3. The van der Waals surface area contributed by atoms with E-state index in [1.807, 2.05) is 20.8 Å². The quantitative estimate of drug-likeness (QED) is 0.430. The molecule has 0 aromatic carbocycles. The molecule has 0 aliphatic carbocycles. The molecule has 0 N–H and O–H groups in total. The van der Waals surface area contributed by atoms with Gasteiger partial charge >= 0.3 is 0 Å². The molecule has 36 valence electrons. The van der Waals surface area contributed by atoms with Crippen molar-refractivity contribution in [3.63, 3.8) is 0 Å². The fraction of sp³-hybridized carbons (Fsp3) is 1.00. The topological polar surface area (TPSA) is 17.1 Å². The lowest BCUT2D eigenvalue weighted by Gasteiger charge is -2.01. The van der Waals surface area contributed by atoms with Crippen LogP contribution in [0.5, 0.6) is 0 Å². The zero-order chi connectivity index (χ0) is 5.21. The molecule has 6 heavy (non-hydrogen) atoms. The zero-order valence-electron chi connectivity index (χ0n) is 4.36. The van der Waals surface area contributed by atoms with Crippen LogP contribution in [0.3, 0.4) is 0 Å². The fourth-order valence-corrected chi connectivity index (χ4v) is 0. The summed E-state index contributed by atoms with van der Waals surface area (Å²) in [5.41, 5.74) is 0. The molecule has 0 amide bonds. The van der Waals surface area contributed by atoms with Gasteiger partial charge in [-0.3, -0.25) is 4.57 Å². The highest BCUT2D eigenvalue weighted by atomic mass is 31.1. The molecule has 0 unspecified atom stereocenters. The molecule has 0 aromatic heterocycles. The Balaban J connectivity index is 3.45. The second-order valence-corrected chi connectivity index (χ2v) is 3.79. The van der Waals surface area contributed by atoms with E-state index in [4.69, 9.17) is 0 Å². The molecule has 0 atom stereocenters. The SMILES string of the molecule is CC(C)(C)P=O. The van der Waals surface area contributed by atoms with Gasteiger partial charge in [-0.05, 0) is 20.8 Å². The van der Waals surface area contributed by atoms with Crippen molar-refractivity contribution < 1.29 is 4.57 Å². The van der Waals surface area contributed by atoms with Crippen molar-refractivity contribution >= 4 is 8.46 Å². The minimum atomic E-state index is -0.0417. The molecule has 0 fully saturated rings. The van der Waals surface area contributed by atoms with E-state index in [-0.39, 0.29) is 13.6 Å². The van der Waals surface area contributed by atoms with Gasteiger partial charge in [0, 0.05) is 5.16 Å². The summed E-state index contributed by atoms with van der Waals surface area (Å²) in [4.78, 5) is 0. The van der Waals surface area contributed by atoms with Crippen molar-refractivity contribution in [2.45, 2.75) is 25.9 Å². The molecule has 0 aliphatic rings. The van der Waals surface area contributed by atoms with Crippen LogP contribution in [-0.2, 0) is 4.57 Å². The normalized spacial score (nSPS) is 12.5. The first-order valence-electron chi connectivity index (χ1n) is 1.91. The van der Waals surface area contributed by atoms with E-state index in [2.05, 4.69) is 0 Å². The van der Waals surface area contributed by atoms with Crippen LogP contribution in [0.25, 0.3) is 0 Å². The van der Waals surface area contributed by atoms with Crippen LogP contribution in [-0.4, -0.2) is 5.16 Å². The lowest BCUT2D eigenvalue weighted by Crippen LogP contribution is -1.99. The molecule has 1 nitrogen and oxygen atoms in total. The second-order valence-electron chi connectivity index (χ2n) is 2.26. The lowest BCUT2D eigenvalue weighted by atomic mass is 10.3. The molecule has 0 rings (SSSR count). The van der Waals surface area contributed by atoms with Gasteiger partial charge in [-0.15, -0.1) is 0 Å². The van der Waals surface area contributed by atoms with Crippen LogP contribution < -0.4 is 0 Å². The Kier molecular flexibility index (Phi) is 1.73. The molecule has 0 bridgehead atoms. The van der Waals surface area contributed by atoms with Crippen LogP contribution in [0.4, 0.5) is 0 Å². The highest BCUT2D eigenvalue weighted by molar-refractivity contribution is 7.25. The third kappa shape index (κ3) is 4.10. The lowest BCUT2D eigenvalue weighted by molar-refractivity contribution is 0.579. The third-order valence-corrected chi connectivity index (χ3v) is 0.822. The van der Waals surface area contributed by atoms with E-state index in [1.165, 1.54) is 0 Å². The predicted octanol–water partition coefficient (Wildman–Crippen LogP) is 2.08. The Morgan fingerprint density at radius 1 is 1.33 bits per heavy atom. The van der Waals surface area contributed by atoms with E-state index in [9.17, 15) is 4.57 Å². The second kappa shape index (κ2) is 1.70. The average Bonchev–Trinajstić information content (AvgIpc) is 1.35. The van der Waals surface area contributed by atoms with Gasteiger partial charge in [-0.2, -0.15) is 0 Å². The molecule has 0 saturated heterocycles. The van der Waals surface area contributed by atoms with Crippen LogP contribution in [0.1, 0.15) is 20.8 Å². The van der Waals surface area contributed by atoms with Gasteiger partial charge in [-0.25, -0.2) is 0 Å². The van der Waals surface area contributed by atoms with Crippen molar-refractivity contribution in [2.24, 2.45) is 0 Å². The molecular formula is C4H9OP. The zero-order valence-corrected chi connectivity index (χ0v) is 5.25. The maximum atomic E-state index is 9.92. The Bertz CT molecular complexity index is 53.1. The van der Waals surface area contributed by atoms with Gasteiger partial charge in [0.2, 0.25) is 0 Å². The van der Waals surface area contributed by atoms with Gasteiger partial charge in [0.05, 0.1) is 0 Å². The summed E-state index contributed by atoms with van der Waals surface area (Å²) in [6.45, 7) is 5.75. The Morgan fingerprint density at radius 3 is 1.50 bits per heavy atom. The first-order valence-corrected chi connectivity index (χ1v) is 2.72. The maximum Gasteiger partial charge on any atom is 0.161 e. The third-order valence-electron chi connectivity index (χ3n) is 0.274. The molecule has 0 heterocycles. The molecule has 0 aliphatic heterocycles. The summed E-state index contributed by atoms with van der Waals surface area (Å²) in [7, 11) is 0.225. The first kappa shape index (κ1) is 6.10. The monoisotopic (exact) mass is 104 g/mol. The number of rotatable bonds is 0. The minimum Gasteiger partial charge on any atom is -0.274 e. The minimum absolute atomic E-state index is 0.0417. The first-order chi connectivity index (χ1) is 2.56. The molecule has 0 spiro atoms. The Labute approximate surface area is 40.0 Å². The van der Waals surface area contributed by atoms with Crippen LogP contribution >= 0.6 is 8.46 Å². The molecule has 2 heteroatoms. The van der Waals surface area contributed by atoms with Gasteiger partial charge in [0.15, 0.2) is 8.46 Å². The Morgan fingerprint density at radius 2 is 1.50 bits per heavy atom. The van der Waals surface area contributed by atoms with E-state index in [0.717, 1.165) is 0 Å². The van der Waals surface area contributed by atoms with E-state index < -0.39 is 0 Å². The van der Waals surface area contributed by atoms with Crippen molar-refractivity contribution in [2.75, 3.05) is 0 Å². The van der Waals surface area contributed by atoms with Crippen LogP contribution in [0.15, 0.2) is 0 Å². The van der Waals surface area contributed by atoms with Gasteiger partial charge in [0.25, 0.3) is 0 Å². The summed E-state index contributed by atoms with van der Waals surface area (Å²) in [6, 6.07) is 0. The predicted molar refractivity (Wildman–Crippen MR) is 27.4 cm³/mol. The van der Waals surface area contributed by atoms with Crippen molar-refractivity contribution in [3.8, 4) is 0 Å². The largest absolute Gasteiger partial charge is 0.274 e. The summed E-state index contributed by atoms with van der Waals surface area (Å²) < 4.78 is 9.92. The van der Waals surface area contributed by atoms with E-state index >= 15 is 0 Å². The van der Waals surface area contributed by atoms with Gasteiger partial charge in [-0.1, -0.05) is 0 Å². The van der Waals surface area contributed by atoms with Crippen LogP contribution in [0.2, 0.25) is 0 Å². The summed E-state index contributed by atoms with van der Waals surface area (Å²) >= 11 is 0. The smallest absolute Gasteiger partial charge is 0.161 e. The average molecular weight is 104 g/mol. The number of hydrogen-bond donors (Lipinski definition) is 0. The van der Waals surface area contributed by atoms with Crippen molar-refractivity contribution in [3.05, 3.63) is 0 Å². The molecule has 0 saturated carbocycles. The molecular weight excluding hydrogens is 95.0 g/mol.